The van der Waals surface area contributed by atoms with Gasteiger partial charge in [-0.3, -0.25) is 9.59 Å². The number of fused-ring (bicyclic) bond motifs is 1. The molecular formula is C18H13N5O2. The van der Waals surface area contributed by atoms with Crippen molar-refractivity contribution in [3.8, 4) is 6.07 Å². The number of nitriles is 1. The van der Waals surface area contributed by atoms with Crippen molar-refractivity contribution in [2.75, 3.05) is 10.6 Å². The highest BCUT2D eigenvalue weighted by Gasteiger charge is 2.11. The molecule has 0 aliphatic carbocycles. The molecule has 1 aromatic carbocycles. The van der Waals surface area contributed by atoms with Crippen LogP contribution in [0.2, 0.25) is 0 Å². The van der Waals surface area contributed by atoms with Crippen LogP contribution < -0.4 is 10.6 Å². The third kappa shape index (κ3) is 4.14. The monoisotopic (exact) mass is 331 g/mol. The maximum atomic E-state index is 12.0. The summed E-state index contributed by atoms with van der Waals surface area (Å²) in [5.41, 5.74) is 1.14. The number of rotatable bonds is 4. The van der Waals surface area contributed by atoms with Gasteiger partial charge in [-0.25, -0.2) is 9.97 Å². The van der Waals surface area contributed by atoms with Crippen molar-refractivity contribution in [1.82, 2.24) is 9.97 Å². The van der Waals surface area contributed by atoms with Crippen LogP contribution in [0, 0.1) is 11.3 Å². The van der Waals surface area contributed by atoms with Crippen LogP contribution in [0.3, 0.4) is 0 Å². The van der Waals surface area contributed by atoms with Gasteiger partial charge in [-0.05, 0) is 30.3 Å². The summed E-state index contributed by atoms with van der Waals surface area (Å²) in [5.74, 6) is -0.321. The number of aromatic nitrogens is 2. The molecule has 2 aromatic heterocycles. The Morgan fingerprint density at radius 1 is 0.960 bits per heavy atom. The lowest BCUT2D eigenvalue weighted by Gasteiger charge is -2.06. The summed E-state index contributed by atoms with van der Waals surface area (Å²) < 4.78 is 0. The maximum absolute atomic E-state index is 12.0. The predicted octanol–water partition coefficient (Wildman–Crippen LogP) is 2.47. The number of carbonyl (C=O) groups is 2. The van der Waals surface area contributed by atoms with Crippen molar-refractivity contribution < 1.29 is 9.59 Å². The quantitative estimate of drug-likeness (QED) is 0.714. The average molecular weight is 331 g/mol. The molecular weight excluding hydrogens is 318 g/mol. The highest BCUT2D eigenvalue weighted by molar-refractivity contribution is 6.07. The van der Waals surface area contributed by atoms with Crippen molar-refractivity contribution in [2.24, 2.45) is 0 Å². The van der Waals surface area contributed by atoms with E-state index in [9.17, 15) is 9.59 Å². The number of para-hydroxylation sites is 1. The molecule has 2 heterocycles. The highest BCUT2D eigenvalue weighted by atomic mass is 16.2. The van der Waals surface area contributed by atoms with Crippen molar-refractivity contribution in [1.29, 1.82) is 5.26 Å². The first-order valence-electron chi connectivity index (χ1n) is 7.46. The smallest absolute Gasteiger partial charge is 0.234 e. The minimum Gasteiger partial charge on any atom is -0.310 e. The predicted molar refractivity (Wildman–Crippen MR) is 92.6 cm³/mol. The fourth-order valence-electron chi connectivity index (χ4n) is 2.19. The molecule has 3 aromatic rings. The van der Waals surface area contributed by atoms with Gasteiger partial charge in [-0.15, -0.1) is 0 Å². The zero-order chi connectivity index (χ0) is 17.6. The lowest BCUT2D eigenvalue weighted by molar-refractivity contribution is -0.123. The molecule has 0 unspecified atom stereocenters. The van der Waals surface area contributed by atoms with E-state index in [2.05, 4.69) is 20.6 Å². The zero-order valence-corrected chi connectivity index (χ0v) is 13.1. The van der Waals surface area contributed by atoms with Gasteiger partial charge in [0.05, 0.1) is 11.1 Å². The fraction of sp³-hybridized carbons (Fsp3) is 0.0556. The molecule has 7 heteroatoms. The number of hydrogen-bond donors (Lipinski definition) is 2. The second-order valence-electron chi connectivity index (χ2n) is 5.21. The molecule has 0 radical (unpaired) electrons. The first-order valence-corrected chi connectivity index (χ1v) is 7.46. The highest BCUT2D eigenvalue weighted by Crippen LogP contribution is 2.14. The van der Waals surface area contributed by atoms with Gasteiger partial charge in [0, 0.05) is 11.6 Å². The van der Waals surface area contributed by atoms with Gasteiger partial charge in [0.25, 0.3) is 0 Å². The molecule has 3 rings (SSSR count). The average Bonchev–Trinajstić information content (AvgIpc) is 2.62. The van der Waals surface area contributed by atoms with Crippen LogP contribution in [0.1, 0.15) is 12.0 Å². The Balaban J connectivity index is 1.59. The van der Waals surface area contributed by atoms with Crippen molar-refractivity contribution in [3.63, 3.8) is 0 Å². The molecule has 25 heavy (non-hydrogen) atoms. The first kappa shape index (κ1) is 16.1. The molecule has 0 fully saturated rings. The molecule has 0 saturated heterocycles. The van der Waals surface area contributed by atoms with E-state index in [1.54, 1.807) is 6.07 Å². The molecule has 0 aliphatic rings. The first-order chi connectivity index (χ1) is 12.1. The zero-order valence-electron chi connectivity index (χ0n) is 13.1. The molecule has 0 spiro atoms. The number of benzene rings is 1. The lowest BCUT2D eigenvalue weighted by atomic mass is 10.2. The molecule has 0 atom stereocenters. The number of hydrogen-bond acceptors (Lipinski definition) is 5. The third-order valence-corrected chi connectivity index (χ3v) is 3.35. The van der Waals surface area contributed by atoms with E-state index in [0.717, 1.165) is 10.9 Å². The van der Waals surface area contributed by atoms with Crippen LogP contribution in [0.4, 0.5) is 11.6 Å². The second kappa shape index (κ2) is 7.19. The van der Waals surface area contributed by atoms with Gasteiger partial charge < -0.3 is 10.6 Å². The Labute approximate surface area is 143 Å². The fourth-order valence-corrected chi connectivity index (χ4v) is 2.19. The summed E-state index contributed by atoms with van der Waals surface area (Å²) in [6, 6.07) is 16.0. The minimum atomic E-state index is -0.504. The summed E-state index contributed by atoms with van der Waals surface area (Å²) in [6.45, 7) is 0. The van der Waals surface area contributed by atoms with E-state index in [-0.39, 0.29) is 12.2 Å². The van der Waals surface area contributed by atoms with E-state index >= 15 is 0 Å². The van der Waals surface area contributed by atoms with Crippen LogP contribution in [0.25, 0.3) is 10.9 Å². The van der Waals surface area contributed by atoms with Gasteiger partial charge >= 0.3 is 0 Å². The number of nitrogens with one attached hydrogen (secondary N) is 2. The van der Waals surface area contributed by atoms with E-state index in [0.29, 0.717) is 11.4 Å². The van der Waals surface area contributed by atoms with Gasteiger partial charge in [-0.2, -0.15) is 5.26 Å². The number of amides is 2. The summed E-state index contributed by atoms with van der Waals surface area (Å²) in [7, 11) is 0. The lowest BCUT2D eigenvalue weighted by Crippen LogP contribution is -2.22. The summed E-state index contributed by atoms with van der Waals surface area (Å²) in [4.78, 5) is 32.1. The van der Waals surface area contributed by atoms with Crippen molar-refractivity contribution >= 4 is 34.4 Å². The van der Waals surface area contributed by atoms with Crippen molar-refractivity contribution in [2.45, 2.75) is 6.42 Å². The van der Waals surface area contributed by atoms with E-state index < -0.39 is 11.8 Å². The van der Waals surface area contributed by atoms with Crippen LogP contribution in [-0.4, -0.2) is 21.8 Å². The number of nitrogens with zero attached hydrogens (tertiary/aromatic N) is 3. The van der Waals surface area contributed by atoms with Crippen LogP contribution in [0.15, 0.2) is 54.7 Å². The molecule has 122 valence electrons. The van der Waals surface area contributed by atoms with Gasteiger partial charge in [0.2, 0.25) is 11.8 Å². The molecule has 0 saturated carbocycles. The van der Waals surface area contributed by atoms with Crippen molar-refractivity contribution in [3.05, 3.63) is 60.3 Å². The van der Waals surface area contributed by atoms with Crippen LogP contribution in [-0.2, 0) is 9.59 Å². The standard InChI is InChI=1S/C18H13N5O2/c19-10-12-5-7-15(20-11-12)22-17(24)9-18(25)23-16-8-6-13-3-1-2-4-14(13)21-16/h1-8,11H,9H2,(H,20,22,24)(H,21,23,25). The normalized spacial score (nSPS) is 10.0. The van der Waals surface area contributed by atoms with Crippen LogP contribution in [0.5, 0.6) is 0 Å². The molecule has 7 nitrogen and oxygen atoms in total. The van der Waals surface area contributed by atoms with E-state index in [4.69, 9.17) is 5.26 Å². The summed E-state index contributed by atoms with van der Waals surface area (Å²) >= 11 is 0. The van der Waals surface area contributed by atoms with Gasteiger partial charge in [-0.1, -0.05) is 18.2 Å². The summed E-state index contributed by atoms with van der Waals surface area (Å²) in [5, 5.41) is 14.8. The number of carbonyl (C=O) groups excluding carboxylic acids is 2. The topological polar surface area (TPSA) is 108 Å². The van der Waals surface area contributed by atoms with Crippen LogP contribution >= 0.6 is 0 Å². The minimum absolute atomic E-state index is 0.278. The van der Waals surface area contributed by atoms with Gasteiger partial charge in [0.15, 0.2) is 0 Å². The molecule has 2 amide bonds. The maximum Gasteiger partial charge on any atom is 0.234 e. The summed E-state index contributed by atoms with van der Waals surface area (Å²) in [6.07, 6.45) is 0.977. The Hall–Kier alpha value is -3.79. The van der Waals surface area contributed by atoms with E-state index in [1.165, 1.54) is 18.3 Å². The third-order valence-electron chi connectivity index (χ3n) is 3.35. The Kier molecular flexibility index (Phi) is 4.62. The number of anilines is 2. The molecule has 2 N–H and O–H groups in total. The largest absolute Gasteiger partial charge is 0.310 e. The second-order valence-corrected chi connectivity index (χ2v) is 5.21. The Morgan fingerprint density at radius 3 is 2.40 bits per heavy atom. The Morgan fingerprint density at radius 2 is 1.68 bits per heavy atom. The van der Waals surface area contributed by atoms with E-state index in [1.807, 2.05) is 36.4 Å². The molecule has 0 bridgehead atoms. The Bertz CT molecular complexity index is 977. The SMILES string of the molecule is N#Cc1ccc(NC(=O)CC(=O)Nc2ccc3ccccc3n2)nc1. The number of pyridine rings is 2. The van der Waals surface area contributed by atoms with Gasteiger partial charge in [0.1, 0.15) is 24.1 Å². The molecule has 0 aliphatic heterocycles.